The van der Waals surface area contributed by atoms with Crippen LogP contribution in [0.1, 0.15) is 33.1 Å². The fourth-order valence-corrected chi connectivity index (χ4v) is 1.65. The molecule has 0 unspecified atom stereocenters. The normalized spacial score (nSPS) is 19.8. The molecule has 0 aliphatic heterocycles. The highest BCUT2D eigenvalue weighted by atomic mass is 16.3. The standard InChI is InChI=1S/C10H19NO2/c1-8(2)11(3)9(13)10(7-12)5-4-6-10/h8,12H,4-7H2,1-3H3. The first-order chi connectivity index (χ1) is 6.03. The van der Waals surface area contributed by atoms with Gasteiger partial charge in [-0.15, -0.1) is 0 Å². The molecular formula is C10H19NO2. The van der Waals surface area contributed by atoms with Crippen molar-refractivity contribution < 1.29 is 9.90 Å². The molecule has 0 atom stereocenters. The van der Waals surface area contributed by atoms with Crippen LogP contribution in [0.2, 0.25) is 0 Å². The molecule has 1 amide bonds. The van der Waals surface area contributed by atoms with Crippen LogP contribution in [-0.2, 0) is 4.79 Å². The van der Waals surface area contributed by atoms with Crippen molar-refractivity contribution in [3.63, 3.8) is 0 Å². The van der Waals surface area contributed by atoms with Crippen molar-refractivity contribution in [2.45, 2.75) is 39.2 Å². The van der Waals surface area contributed by atoms with E-state index in [1.807, 2.05) is 20.9 Å². The molecule has 13 heavy (non-hydrogen) atoms. The van der Waals surface area contributed by atoms with Gasteiger partial charge in [-0.05, 0) is 26.7 Å². The van der Waals surface area contributed by atoms with Crippen LogP contribution in [0.5, 0.6) is 0 Å². The van der Waals surface area contributed by atoms with Crippen LogP contribution < -0.4 is 0 Å². The molecule has 0 bridgehead atoms. The number of hydrogen-bond acceptors (Lipinski definition) is 2. The van der Waals surface area contributed by atoms with Gasteiger partial charge in [-0.2, -0.15) is 0 Å². The van der Waals surface area contributed by atoms with E-state index >= 15 is 0 Å². The number of rotatable bonds is 3. The Balaban J connectivity index is 2.65. The zero-order chi connectivity index (χ0) is 10.1. The fraction of sp³-hybridized carbons (Fsp3) is 0.900. The lowest BCUT2D eigenvalue weighted by Crippen LogP contribution is -2.50. The summed E-state index contributed by atoms with van der Waals surface area (Å²) in [6.07, 6.45) is 2.76. The quantitative estimate of drug-likeness (QED) is 0.713. The molecule has 1 aliphatic carbocycles. The predicted octanol–water partition coefficient (Wildman–Crippen LogP) is 1.02. The molecule has 1 fully saturated rings. The van der Waals surface area contributed by atoms with Crippen LogP contribution in [0, 0.1) is 5.41 Å². The van der Waals surface area contributed by atoms with Gasteiger partial charge in [0.2, 0.25) is 5.91 Å². The van der Waals surface area contributed by atoms with Crippen LogP contribution >= 0.6 is 0 Å². The first kappa shape index (κ1) is 10.5. The van der Waals surface area contributed by atoms with E-state index in [4.69, 9.17) is 0 Å². The summed E-state index contributed by atoms with van der Waals surface area (Å²) in [6.45, 7) is 3.98. The molecule has 3 heteroatoms. The molecule has 0 radical (unpaired) electrons. The number of carbonyl (C=O) groups excluding carboxylic acids is 1. The third kappa shape index (κ3) is 1.70. The summed E-state index contributed by atoms with van der Waals surface area (Å²) < 4.78 is 0. The fourth-order valence-electron chi connectivity index (χ4n) is 1.65. The monoisotopic (exact) mass is 185 g/mol. The molecule has 0 aromatic carbocycles. The molecular weight excluding hydrogens is 166 g/mol. The summed E-state index contributed by atoms with van der Waals surface area (Å²) in [5.74, 6) is 0.108. The average molecular weight is 185 g/mol. The Morgan fingerprint density at radius 3 is 2.31 bits per heavy atom. The predicted molar refractivity (Wildman–Crippen MR) is 51.3 cm³/mol. The summed E-state index contributed by atoms with van der Waals surface area (Å²) in [6, 6.07) is 0.219. The molecule has 0 saturated heterocycles. The van der Waals surface area contributed by atoms with Gasteiger partial charge in [0.1, 0.15) is 0 Å². The number of aliphatic hydroxyl groups is 1. The van der Waals surface area contributed by atoms with Crippen molar-refractivity contribution in [2.75, 3.05) is 13.7 Å². The second kappa shape index (κ2) is 3.66. The minimum Gasteiger partial charge on any atom is -0.395 e. The minimum absolute atomic E-state index is 0.00287. The number of amides is 1. The molecule has 0 spiro atoms. The lowest BCUT2D eigenvalue weighted by atomic mass is 9.68. The van der Waals surface area contributed by atoms with Crippen molar-refractivity contribution in [2.24, 2.45) is 5.41 Å². The highest BCUT2D eigenvalue weighted by Crippen LogP contribution is 2.42. The minimum atomic E-state index is -0.432. The molecule has 1 saturated carbocycles. The highest BCUT2D eigenvalue weighted by Gasteiger charge is 2.45. The zero-order valence-electron chi connectivity index (χ0n) is 8.71. The second-order valence-corrected chi connectivity index (χ2v) is 4.30. The molecule has 0 aromatic rings. The number of carbonyl (C=O) groups is 1. The largest absolute Gasteiger partial charge is 0.395 e. The molecule has 1 aliphatic rings. The van der Waals surface area contributed by atoms with Gasteiger partial charge in [-0.1, -0.05) is 6.42 Å². The van der Waals surface area contributed by atoms with E-state index in [-0.39, 0.29) is 18.6 Å². The maximum atomic E-state index is 11.9. The summed E-state index contributed by atoms with van der Waals surface area (Å²) >= 11 is 0. The van der Waals surface area contributed by atoms with E-state index in [1.165, 1.54) is 0 Å². The van der Waals surface area contributed by atoms with Crippen molar-refractivity contribution in [3.8, 4) is 0 Å². The molecule has 0 heterocycles. The van der Waals surface area contributed by atoms with Crippen molar-refractivity contribution >= 4 is 5.91 Å². The Labute approximate surface area is 79.7 Å². The van der Waals surface area contributed by atoms with Crippen molar-refractivity contribution in [1.29, 1.82) is 0 Å². The highest BCUT2D eigenvalue weighted by molar-refractivity contribution is 5.83. The second-order valence-electron chi connectivity index (χ2n) is 4.30. The summed E-state index contributed by atoms with van der Waals surface area (Å²) in [7, 11) is 1.81. The molecule has 3 nitrogen and oxygen atoms in total. The Morgan fingerprint density at radius 1 is 1.54 bits per heavy atom. The topological polar surface area (TPSA) is 40.5 Å². The third-order valence-corrected chi connectivity index (χ3v) is 3.16. The van der Waals surface area contributed by atoms with Gasteiger partial charge in [-0.25, -0.2) is 0 Å². The van der Waals surface area contributed by atoms with Gasteiger partial charge < -0.3 is 10.0 Å². The smallest absolute Gasteiger partial charge is 0.231 e. The first-order valence-electron chi connectivity index (χ1n) is 4.91. The van der Waals surface area contributed by atoms with Gasteiger partial charge in [0, 0.05) is 13.1 Å². The summed E-state index contributed by atoms with van der Waals surface area (Å²) in [4.78, 5) is 13.6. The summed E-state index contributed by atoms with van der Waals surface area (Å²) in [5.41, 5.74) is -0.432. The van der Waals surface area contributed by atoms with Gasteiger partial charge >= 0.3 is 0 Å². The Morgan fingerprint density at radius 2 is 2.08 bits per heavy atom. The Bertz CT molecular complexity index is 192. The zero-order valence-corrected chi connectivity index (χ0v) is 8.71. The number of nitrogens with zero attached hydrogens (tertiary/aromatic N) is 1. The van der Waals surface area contributed by atoms with Crippen LogP contribution in [0.15, 0.2) is 0 Å². The van der Waals surface area contributed by atoms with Gasteiger partial charge in [0.05, 0.1) is 12.0 Å². The Kier molecular flexibility index (Phi) is 2.96. The van der Waals surface area contributed by atoms with E-state index in [2.05, 4.69) is 0 Å². The van der Waals surface area contributed by atoms with Gasteiger partial charge in [0.15, 0.2) is 0 Å². The van der Waals surface area contributed by atoms with Crippen molar-refractivity contribution in [1.82, 2.24) is 4.90 Å². The van der Waals surface area contributed by atoms with Gasteiger partial charge in [-0.3, -0.25) is 4.79 Å². The maximum Gasteiger partial charge on any atom is 0.231 e. The van der Waals surface area contributed by atoms with E-state index in [0.29, 0.717) is 0 Å². The van der Waals surface area contributed by atoms with E-state index < -0.39 is 5.41 Å². The third-order valence-electron chi connectivity index (χ3n) is 3.16. The molecule has 1 rings (SSSR count). The number of hydrogen-bond donors (Lipinski definition) is 1. The van der Waals surface area contributed by atoms with Crippen LogP contribution in [0.3, 0.4) is 0 Å². The molecule has 0 aromatic heterocycles. The van der Waals surface area contributed by atoms with Crippen LogP contribution in [0.4, 0.5) is 0 Å². The van der Waals surface area contributed by atoms with Crippen LogP contribution in [-0.4, -0.2) is 35.6 Å². The first-order valence-corrected chi connectivity index (χ1v) is 4.91. The maximum absolute atomic E-state index is 11.9. The van der Waals surface area contributed by atoms with Crippen LogP contribution in [0.25, 0.3) is 0 Å². The molecule has 76 valence electrons. The van der Waals surface area contributed by atoms with Gasteiger partial charge in [0.25, 0.3) is 0 Å². The van der Waals surface area contributed by atoms with E-state index in [1.54, 1.807) is 4.90 Å². The number of aliphatic hydroxyl groups excluding tert-OH is 1. The SMILES string of the molecule is CC(C)N(C)C(=O)C1(CO)CCC1. The van der Waals surface area contributed by atoms with E-state index in [9.17, 15) is 9.90 Å². The Hall–Kier alpha value is -0.570. The average Bonchev–Trinajstić information content (AvgIpc) is 2.01. The molecule has 1 N–H and O–H groups in total. The lowest BCUT2D eigenvalue weighted by molar-refractivity contribution is -0.151. The van der Waals surface area contributed by atoms with Crippen molar-refractivity contribution in [3.05, 3.63) is 0 Å². The van der Waals surface area contributed by atoms with E-state index in [0.717, 1.165) is 19.3 Å². The summed E-state index contributed by atoms with van der Waals surface area (Å²) in [5, 5.41) is 9.19. The lowest BCUT2D eigenvalue weighted by Gasteiger charge is -2.42.